The quantitative estimate of drug-likeness (QED) is 0.468. The summed E-state index contributed by atoms with van der Waals surface area (Å²) < 4.78 is 5.32. The molecule has 0 saturated carbocycles. The molecule has 7 nitrogen and oxygen atoms in total. The summed E-state index contributed by atoms with van der Waals surface area (Å²) >= 11 is 11.8. The van der Waals surface area contributed by atoms with Gasteiger partial charge in [-0.2, -0.15) is 5.10 Å². The van der Waals surface area contributed by atoms with Crippen LogP contribution in [0.2, 0.25) is 10.0 Å². The van der Waals surface area contributed by atoms with Crippen LogP contribution < -0.4 is 10.2 Å². The summed E-state index contributed by atoms with van der Waals surface area (Å²) in [5.41, 5.74) is 3.27. The molecule has 0 radical (unpaired) electrons. The van der Waals surface area contributed by atoms with Crippen LogP contribution in [0.15, 0.2) is 41.5 Å². The maximum absolute atomic E-state index is 11.7. The van der Waals surface area contributed by atoms with Crippen LogP contribution in [0.5, 0.6) is 5.75 Å². The minimum absolute atomic E-state index is 0.126. The number of nitrogens with one attached hydrogen (secondary N) is 1. The van der Waals surface area contributed by atoms with Crippen molar-refractivity contribution in [1.82, 2.24) is 5.43 Å². The van der Waals surface area contributed by atoms with Gasteiger partial charge in [-0.05, 0) is 36.8 Å². The van der Waals surface area contributed by atoms with Gasteiger partial charge in [-0.25, -0.2) is 5.43 Å². The fraction of sp³-hybridized carbons (Fsp3) is 0.125. The summed E-state index contributed by atoms with van der Waals surface area (Å²) in [4.78, 5) is 21.9. The molecule has 0 unspecified atom stereocenters. The molecule has 0 aliphatic heterocycles. The van der Waals surface area contributed by atoms with Gasteiger partial charge in [-0.15, -0.1) is 0 Å². The summed E-state index contributed by atoms with van der Waals surface area (Å²) in [7, 11) is 0. The number of carbonyl (C=O) groups is 1. The van der Waals surface area contributed by atoms with Crippen molar-refractivity contribution in [2.24, 2.45) is 5.10 Å². The smallest absolute Gasteiger partial charge is 0.277 e. The molecule has 0 aliphatic carbocycles. The maximum atomic E-state index is 11.7. The van der Waals surface area contributed by atoms with E-state index in [2.05, 4.69) is 10.5 Å². The Morgan fingerprint density at radius 2 is 2.00 bits per heavy atom. The van der Waals surface area contributed by atoms with Gasteiger partial charge in [0, 0.05) is 27.7 Å². The molecule has 0 aliphatic rings. The topological polar surface area (TPSA) is 93.8 Å². The molecule has 0 aromatic heterocycles. The fourth-order valence-corrected chi connectivity index (χ4v) is 2.09. The van der Waals surface area contributed by atoms with Gasteiger partial charge in [0.1, 0.15) is 5.75 Å². The fourth-order valence-electron chi connectivity index (χ4n) is 1.81. The number of carbonyl (C=O) groups excluding carboxylic acids is 1. The lowest BCUT2D eigenvalue weighted by Gasteiger charge is -2.06. The number of rotatable bonds is 6. The van der Waals surface area contributed by atoms with E-state index in [9.17, 15) is 14.9 Å². The Bertz CT molecular complexity index is 840. The van der Waals surface area contributed by atoms with Crippen molar-refractivity contribution >= 4 is 41.0 Å². The lowest BCUT2D eigenvalue weighted by atomic mass is 10.2. The number of nitrogens with zero attached hydrogens (tertiary/aromatic N) is 2. The van der Waals surface area contributed by atoms with Crippen LogP contribution in [0, 0.1) is 17.0 Å². The first-order valence-electron chi connectivity index (χ1n) is 7.01. The van der Waals surface area contributed by atoms with Gasteiger partial charge < -0.3 is 4.74 Å². The van der Waals surface area contributed by atoms with Gasteiger partial charge in [0.2, 0.25) is 0 Å². The molecule has 0 spiro atoms. The van der Waals surface area contributed by atoms with E-state index >= 15 is 0 Å². The molecule has 0 bridgehead atoms. The van der Waals surface area contributed by atoms with E-state index in [4.69, 9.17) is 27.9 Å². The largest absolute Gasteiger partial charge is 0.484 e. The molecular weight excluding hydrogens is 369 g/mol. The Balaban J connectivity index is 1.91. The van der Waals surface area contributed by atoms with Gasteiger partial charge in [-0.3, -0.25) is 14.9 Å². The molecule has 2 aromatic carbocycles. The van der Waals surface area contributed by atoms with Gasteiger partial charge in [0.15, 0.2) is 6.61 Å². The first kappa shape index (κ1) is 18.7. The highest BCUT2D eigenvalue weighted by atomic mass is 35.5. The number of ether oxygens (including phenoxy) is 1. The number of nitro benzene ring substituents is 1. The van der Waals surface area contributed by atoms with Gasteiger partial charge in [0.25, 0.3) is 11.6 Å². The predicted octanol–water partition coefficient (Wildman–Crippen LogP) is 3.74. The lowest BCUT2D eigenvalue weighted by molar-refractivity contribution is -0.384. The minimum atomic E-state index is -0.547. The standard InChI is InChI=1S/C16H13Cl2N3O4/c1-10-6-13(3-5-14(10)17)25-9-16(22)20-19-8-11-7-12(21(23)24)2-4-15(11)18/h2-8H,9H2,1H3,(H,20,22)/b19-8+. The second-order valence-electron chi connectivity index (χ2n) is 4.96. The molecule has 1 amide bonds. The van der Waals surface area contributed by atoms with Crippen LogP contribution >= 0.6 is 23.2 Å². The van der Waals surface area contributed by atoms with E-state index < -0.39 is 10.8 Å². The number of non-ortho nitro benzene ring substituents is 1. The second kappa shape index (κ2) is 8.46. The lowest BCUT2D eigenvalue weighted by Crippen LogP contribution is -2.24. The maximum Gasteiger partial charge on any atom is 0.277 e. The molecule has 0 atom stereocenters. The molecule has 130 valence electrons. The van der Waals surface area contributed by atoms with E-state index in [0.29, 0.717) is 16.3 Å². The Morgan fingerprint density at radius 1 is 1.28 bits per heavy atom. The molecule has 0 heterocycles. The zero-order chi connectivity index (χ0) is 18.4. The SMILES string of the molecule is Cc1cc(OCC(=O)N/N=C/c2cc([N+](=O)[O-])ccc2Cl)ccc1Cl. The first-order chi connectivity index (χ1) is 11.9. The van der Waals surface area contributed by atoms with Crippen LogP contribution in [0.1, 0.15) is 11.1 Å². The van der Waals surface area contributed by atoms with E-state index in [1.54, 1.807) is 18.2 Å². The normalized spacial score (nSPS) is 10.7. The predicted molar refractivity (Wildman–Crippen MR) is 95.5 cm³/mol. The van der Waals surface area contributed by atoms with Gasteiger partial charge in [0.05, 0.1) is 11.1 Å². The summed E-state index contributed by atoms with van der Waals surface area (Å²) in [5, 5.41) is 15.3. The van der Waals surface area contributed by atoms with E-state index in [-0.39, 0.29) is 17.3 Å². The number of aryl methyl sites for hydroxylation is 1. The number of halogens is 2. The minimum Gasteiger partial charge on any atom is -0.484 e. The van der Waals surface area contributed by atoms with E-state index in [1.165, 1.54) is 24.4 Å². The number of nitro groups is 1. The zero-order valence-electron chi connectivity index (χ0n) is 13.0. The van der Waals surface area contributed by atoms with Crippen LogP contribution in [-0.4, -0.2) is 23.7 Å². The van der Waals surface area contributed by atoms with Crippen molar-refractivity contribution < 1.29 is 14.5 Å². The Hall–Kier alpha value is -2.64. The summed E-state index contributed by atoms with van der Waals surface area (Å²) in [6, 6.07) is 8.95. The average Bonchev–Trinajstić information content (AvgIpc) is 2.57. The first-order valence-corrected chi connectivity index (χ1v) is 7.77. The number of amides is 1. The number of hydrogen-bond acceptors (Lipinski definition) is 5. The van der Waals surface area contributed by atoms with Crippen molar-refractivity contribution in [3.05, 3.63) is 67.7 Å². The molecule has 0 saturated heterocycles. The third kappa shape index (κ3) is 5.44. The summed E-state index contributed by atoms with van der Waals surface area (Å²) in [5.74, 6) is 0.00756. The third-order valence-corrected chi connectivity index (χ3v) is 3.85. The highest BCUT2D eigenvalue weighted by molar-refractivity contribution is 6.33. The number of hydrazone groups is 1. The molecule has 9 heteroatoms. The van der Waals surface area contributed by atoms with Crippen molar-refractivity contribution in [2.75, 3.05) is 6.61 Å². The van der Waals surface area contributed by atoms with Gasteiger partial charge >= 0.3 is 0 Å². The van der Waals surface area contributed by atoms with E-state index in [1.807, 2.05) is 6.92 Å². The van der Waals surface area contributed by atoms with Crippen molar-refractivity contribution in [1.29, 1.82) is 0 Å². The molecule has 0 fully saturated rings. The number of benzene rings is 2. The second-order valence-corrected chi connectivity index (χ2v) is 5.77. The van der Waals surface area contributed by atoms with Gasteiger partial charge in [-0.1, -0.05) is 23.2 Å². The Morgan fingerprint density at radius 3 is 2.68 bits per heavy atom. The molecule has 2 aromatic rings. The molecule has 2 rings (SSSR count). The third-order valence-electron chi connectivity index (χ3n) is 3.08. The zero-order valence-corrected chi connectivity index (χ0v) is 14.5. The molecule has 25 heavy (non-hydrogen) atoms. The molecular formula is C16H13Cl2N3O4. The van der Waals surface area contributed by atoms with Crippen LogP contribution in [0.25, 0.3) is 0 Å². The summed E-state index contributed by atoms with van der Waals surface area (Å²) in [6.07, 6.45) is 1.22. The Labute approximate surface area is 153 Å². The highest BCUT2D eigenvalue weighted by Gasteiger charge is 2.08. The van der Waals surface area contributed by atoms with Crippen LogP contribution in [0.3, 0.4) is 0 Å². The van der Waals surface area contributed by atoms with Crippen molar-refractivity contribution in [3.8, 4) is 5.75 Å². The molecule has 1 N–H and O–H groups in total. The summed E-state index contributed by atoms with van der Waals surface area (Å²) in [6.45, 7) is 1.57. The van der Waals surface area contributed by atoms with Crippen LogP contribution in [0.4, 0.5) is 5.69 Å². The average molecular weight is 382 g/mol. The highest BCUT2D eigenvalue weighted by Crippen LogP contribution is 2.21. The Kier molecular flexibility index (Phi) is 6.32. The monoisotopic (exact) mass is 381 g/mol. The van der Waals surface area contributed by atoms with Crippen molar-refractivity contribution in [2.45, 2.75) is 6.92 Å². The van der Waals surface area contributed by atoms with Crippen LogP contribution in [-0.2, 0) is 4.79 Å². The number of hydrogen-bond donors (Lipinski definition) is 1. The van der Waals surface area contributed by atoms with E-state index in [0.717, 1.165) is 5.56 Å². The van der Waals surface area contributed by atoms with Crippen molar-refractivity contribution in [3.63, 3.8) is 0 Å².